The molecule has 1 aliphatic heterocycles. The van der Waals surface area contributed by atoms with Gasteiger partial charge in [-0.05, 0) is 24.3 Å². The molecule has 0 saturated carbocycles. The molecule has 0 aliphatic carbocycles. The van der Waals surface area contributed by atoms with Gasteiger partial charge in [0.1, 0.15) is 12.4 Å². The van der Waals surface area contributed by atoms with Crippen molar-refractivity contribution in [1.29, 1.82) is 0 Å². The Labute approximate surface area is 131 Å². The van der Waals surface area contributed by atoms with E-state index in [-0.39, 0.29) is 12.2 Å². The average molecular weight is 316 g/mol. The number of benzene rings is 2. The summed E-state index contributed by atoms with van der Waals surface area (Å²) in [4.78, 5) is 23.8. The SMILES string of the molecule is O=C(NNC(=O)C1COc2ccccc2O1)c1ccccc1F. The van der Waals surface area contributed by atoms with Crippen LogP contribution in [-0.4, -0.2) is 24.5 Å². The number of carbonyl (C=O) groups is 2. The summed E-state index contributed by atoms with van der Waals surface area (Å²) in [6.45, 7) is 0.0123. The monoisotopic (exact) mass is 316 g/mol. The molecule has 0 bridgehead atoms. The first-order valence-electron chi connectivity index (χ1n) is 6.88. The van der Waals surface area contributed by atoms with Crippen molar-refractivity contribution >= 4 is 11.8 Å². The van der Waals surface area contributed by atoms with Crippen LogP contribution in [0.3, 0.4) is 0 Å². The van der Waals surface area contributed by atoms with Gasteiger partial charge in [-0.25, -0.2) is 4.39 Å². The third-order valence-corrected chi connectivity index (χ3v) is 3.22. The van der Waals surface area contributed by atoms with Gasteiger partial charge < -0.3 is 9.47 Å². The van der Waals surface area contributed by atoms with Gasteiger partial charge in [-0.15, -0.1) is 0 Å². The lowest BCUT2D eigenvalue weighted by Gasteiger charge is -2.25. The van der Waals surface area contributed by atoms with Gasteiger partial charge in [-0.3, -0.25) is 20.4 Å². The Hall–Kier alpha value is -3.09. The topological polar surface area (TPSA) is 76.7 Å². The summed E-state index contributed by atoms with van der Waals surface area (Å²) in [5.41, 5.74) is 4.18. The van der Waals surface area contributed by atoms with Crippen LogP contribution < -0.4 is 20.3 Å². The Morgan fingerprint density at radius 2 is 1.70 bits per heavy atom. The predicted molar refractivity (Wildman–Crippen MR) is 78.4 cm³/mol. The number of rotatable bonds is 2. The summed E-state index contributed by atoms with van der Waals surface area (Å²) in [5.74, 6) is -1.03. The van der Waals surface area contributed by atoms with Crippen LogP contribution in [0.2, 0.25) is 0 Å². The van der Waals surface area contributed by atoms with Gasteiger partial charge >= 0.3 is 0 Å². The Balaban J connectivity index is 1.58. The maximum atomic E-state index is 13.5. The minimum atomic E-state index is -0.911. The van der Waals surface area contributed by atoms with E-state index >= 15 is 0 Å². The number of halogens is 1. The lowest BCUT2D eigenvalue weighted by molar-refractivity contribution is -0.131. The van der Waals surface area contributed by atoms with E-state index in [0.717, 1.165) is 6.07 Å². The molecule has 6 nitrogen and oxygen atoms in total. The highest BCUT2D eigenvalue weighted by Crippen LogP contribution is 2.30. The number of para-hydroxylation sites is 2. The Kier molecular flexibility index (Phi) is 4.09. The van der Waals surface area contributed by atoms with Crippen LogP contribution in [0, 0.1) is 5.82 Å². The largest absolute Gasteiger partial charge is 0.485 e. The van der Waals surface area contributed by atoms with E-state index in [4.69, 9.17) is 9.47 Å². The van der Waals surface area contributed by atoms with E-state index in [1.165, 1.54) is 18.2 Å². The molecule has 1 atom stereocenters. The van der Waals surface area contributed by atoms with Crippen LogP contribution in [0.4, 0.5) is 4.39 Å². The molecule has 0 saturated heterocycles. The quantitative estimate of drug-likeness (QED) is 0.822. The second-order valence-electron chi connectivity index (χ2n) is 4.79. The van der Waals surface area contributed by atoms with E-state index in [1.807, 2.05) is 0 Å². The lowest BCUT2D eigenvalue weighted by atomic mass is 10.2. The number of hydrogen-bond acceptors (Lipinski definition) is 4. The number of carbonyl (C=O) groups excluding carboxylic acids is 2. The van der Waals surface area contributed by atoms with Gasteiger partial charge in [0.2, 0.25) is 6.10 Å². The van der Waals surface area contributed by atoms with Gasteiger partial charge in [0.15, 0.2) is 11.5 Å². The highest BCUT2D eigenvalue weighted by atomic mass is 19.1. The van der Waals surface area contributed by atoms with Crippen LogP contribution in [0.1, 0.15) is 10.4 Å². The van der Waals surface area contributed by atoms with Gasteiger partial charge in [-0.1, -0.05) is 24.3 Å². The van der Waals surface area contributed by atoms with Crippen molar-refractivity contribution in [3.8, 4) is 11.5 Å². The summed E-state index contributed by atoms with van der Waals surface area (Å²) in [7, 11) is 0. The number of nitrogens with one attached hydrogen (secondary N) is 2. The zero-order valence-electron chi connectivity index (χ0n) is 11.9. The van der Waals surface area contributed by atoms with E-state index in [9.17, 15) is 14.0 Å². The minimum absolute atomic E-state index is 0.0123. The Bertz CT molecular complexity index is 750. The molecule has 0 radical (unpaired) electrons. The molecule has 1 unspecified atom stereocenters. The third kappa shape index (κ3) is 3.23. The molecule has 3 rings (SSSR count). The molecule has 2 aromatic rings. The lowest BCUT2D eigenvalue weighted by Crippen LogP contribution is -2.51. The van der Waals surface area contributed by atoms with Crippen LogP contribution in [0.5, 0.6) is 11.5 Å². The van der Waals surface area contributed by atoms with Crippen molar-refractivity contribution in [2.45, 2.75) is 6.10 Å². The highest BCUT2D eigenvalue weighted by Gasteiger charge is 2.27. The van der Waals surface area contributed by atoms with Crippen LogP contribution in [0.15, 0.2) is 48.5 Å². The van der Waals surface area contributed by atoms with Crippen LogP contribution in [0.25, 0.3) is 0 Å². The second-order valence-corrected chi connectivity index (χ2v) is 4.79. The minimum Gasteiger partial charge on any atom is -0.485 e. The van der Waals surface area contributed by atoms with Crippen molar-refractivity contribution in [2.75, 3.05) is 6.61 Å². The summed E-state index contributed by atoms with van der Waals surface area (Å²) in [5, 5.41) is 0. The summed E-state index contributed by atoms with van der Waals surface area (Å²) in [6, 6.07) is 12.4. The molecule has 2 amide bonds. The number of fused-ring (bicyclic) bond motifs is 1. The van der Waals surface area contributed by atoms with Gasteiger partial charge in [0.05, 0.1) is 5.56 Å². The summed E-state index contributed by atoms with van der Waals surface area (Å²) >= 11 is 0. The number of hydrazine groups is 1. The van der Waals surface area contributed by atoms with E-state index in [1.54, 1.807) is 24.3 Å². The number of hydrogen-bond donors (Lipinski definition) is 2. The van der Waals surface area contributed by atoms with Crippen LogP contribution >= 0.6 is 0 Å². The number of ether oxygens (including phenoxy) is 2. The first-order valence-corrected chi connectivity index (χ1v) is 6.88. The first kappa shape index (κ1) is 14.8. The highest BCUT2D eigenvalue weighted by molar-refractivity contribution is 5.96. The van der Waals surface area contributed by atoms with Gasteiger partial charge in [0, 0.05) is 0 Å². The van der Waals surface area contributed by atoms with Gasteiger partial charge in [0.25, 0.3) is 11.8 Å². The van der Waals surface area contributed by atoms with Crippen molar-refractivity contribution in [3.05, 3.63) is 59.9 Å². The molecule has 2 aromatic carbocycles. The van der Waals surface area contributed by atoms with E-state index in [2.05, 4.69) is 10.9 Å². The normalized spacial score (nSPS) is 15.6. The fraction of sp³-hybridized carbons (Fsp3) is 0.125. The van der Waals surface area contributed by atoms with Gasteiger partial charge in [-0.2, -0.15) is 0 Å². The average Bonchev–Trinajstić information content (AvgIpc) is 2.59. The molecule has 2 N–H and O–H groups in total. The van der Waals surface area contributed by atoms with E-state index < -0.39 is 23.7 Å². The maximum Gasteiger partial charge on any atom is 0.283 e. The molecular weight excluding hydrogens is 303 g/mol. The predicted octanol–water partition coefficient (Wildman–Crippen LogP) is 1.43. The smallest absolute Gasteiger partial charge is 0.283 e. The molecule has 118 valence electrons. The number of amides is 2. The van der Waals surface area contributed by atoms with E-state index in [0.29, 0.717) is 11.5 Å². The fourth-order valence-electron chi connectivity index (χ4n) is 2.06. The second kappa shape index (κ2) is 6.35. The van der Waals surface area contributed by atoms with Crippen LogP contribution in [-0.2, 0) is 4.79 Å². The van der Waals surface area contributed by atoms with Crippen molar-refractivity contribution < 1.29 is 23.5 Å². The van der Waals surface area contributed by atoms with Crippen molar-refractivity contribution in [3.63, 3.8) is 0 Å². The Morgan fingerprint density at radius 1 is 1.00 bits per heavy atom. The summed E-state index contributed by atoms with van der Waals surface area (Å²) < 4.78 is 24.4. The zero-order valence-corrected chi connectivity index (χ0v) is 11.9. The zero-order chi connectivity index (χ0) is 16.2. The molecule has 0 spiro atoms. The molecular formula is C16H13FN2O4. The fourth-order valence-corrected chi connectivity index (χ4v) is 2.06. The molecule has 0 fully saturated rings. The molecule has 23 heavy (non-hydrogen) atoms. The first-order chi connectivity index (χ1) is 11.1. The third-order valence-electron chi connectivity index (χ3n) is 3.22. The summed E-state index contributed by atoms with van der Waals surface area (Å²) in [6.07, 6.45) is -0.911. The standard InChI is InChI=1S/C16H13FN2O4/c17-11-6-2-1-5-10(11)15(20)18-19-16(21)14-9-22-12-7-3-4-8-13(12)23-14/h1-8,14H,9H2,(H,18,20)(H,19,21). The molecule has 0 aromatic heterocycles. The molecule has 1 aliphatic rings. The molecule has 1 heterocycles. The molecule has 7 heteroatoms. The maximum absolute atomic E-state index is 13.5. The van der Waals surface area contributed by atoms with Crippen molar-refractivity contribution in [1.82, 2.24) is 10.9 Å². The van der Waals surface area contributed by atoms with Crippen molar-refractivity contribution in [2.24, 2.45) is 0 Å². The Morgan fingerprint density at radius 3 is 2.48 bits per heavy atom.